The molecule has 0 saturated heterocycles. The fourth-order valence-electron chi connectivity index (χ4n) is 2.19. The average molecular weight is 327 g/mol. The lowest BCUT2D eigenvalue weighted by molar-refractivity contribution is -0.114. The predicted molar refractivity (Wildman–Crippen MR) is 98.9 cm³/mol. The Bertz CT molecular complexity index is 750. The molecule has 0 fully saturated rings. The summed E-state index contributed by atoms with van der Waals surface area (Å²) in [5.41, 5.74) is 3.46. The Labute approximate surface area is 143 Å². The smallest absolute Gasteiger partial charge is 0.225 e. The second-order valence-corrected chi connectivity index (χ2v) is 6.88. The fourth-order valence-corrected chi connectivity index (χ4v) is 2.19. The molecule has 1 aromatic heterocycles. The number of carbonyl (C=O) groups is 1. The van der Waals surface area contributed by atoms with Crippen molar-refractivity contribution in [2.24, 2.45) is 0 Å². The maximum absolute atomic E-state index is 11.3. The van der Waals surface area contributed by atoms with Crippen LogP contribution >= 0.6 is 0 Å². The average Bonchev–Trinajstić information content (AvgIpc) is 2.44. The van der Waals surface area contributed by atoms with E-state index in [1.54, 1.807) is 6.20 Å². The lowest BCUT2D eigenvalue weighted by atomic mass is 10.1. The third-order valence-electron chi connectivity index (χ3n) is 3.36. The molecule has 3 N–H and O–H groups in total. The zero-order valence-corrected chi connectivity index (χ0v) is 15.1. The second-order valence-electron chi connectivity index (χ2n) is 6.88. The summed E-state index contributed by atoms with van der Waals surface area (Å²) in [6, 6.07) is 5.73. The molecule has 2 aromatic rings. The van der Waals surface area contributed by atoms with Crippen LogP contribution in [0.5, 0.6) is 0 Å². The minimum atomic E-state index is -0.117. The molecule has 0 saturated carbocycles. The van der Waals surface area contributed by atoms with Gasteiger partial charge in [-0.2, -0.15) is 4.98 Å². The van der Waals surface area contributed by atoms with Crippen LogP contribution in [-0.4, -0.2) is 21.4 Å². The first-order valence-electron chi connectivity index (χ1n) is 7.92. The monoisotopic (exact) mass is 327 g/mol. The van der Waals surface area contributed by atoms with E-state index in [-0.39, 0.29) is 11.4 Å². The highest BCUT2D eigenvalue weighted by Crippen LogP contribution is 2.27. The highest BCUT2D eigenvalue weighted by molar-refractivity contribution is 5.90. The summed E-state index contributed by atoms with van der Waals surface area (Å²) < 4.78 is 0. The molecular formula is C18H25N5O. The molecule has 1 aromatic carbocycles. The Morgan fingerprint density at radius 2 is 1.79 bits per heavy atom. The van der Waals surface area contributed by atoms with Gasteiger partial charge in [0.25, 0.3) is 0 Å². The Morgan fingerprint density at radius 3 is 2.42 bits per heavy atom. The molecule has 6 heteroatoms. The van der Waals surface area contributed by atoms with Crippen molar-refractivity contribution in [1.82, 2.24) is 9.97 Å². The summed E-state index contributed by atoms with van der Waals surface area (Å²) in [7, 11) is 0. The van der Waals surface area contributed by atoms with Gasteiger partial charge in [-0.3, -0.25) is 4.79 Å². The molecule has 6 nitrogen and oxygen atoms in total. The molecule has 0 aliphatic carbocycles. The van der Waals surface area contributed by atoms with E-state index >= 15 is 0 Å². The largest absolute Gasteiger partial charge is 0.350 e. The number of nitrogens with one attached hydrogen (secondary N) is 3. The summed E-state index contributed by atoms with van der Waals surface area (Å²) in [4.78, 5) is 20.2. The van der Waals surface area contributed by atoms with Crippen LogP contribution in [0.25, 0.3) is 0 Å². The van der Waals surface area contributed by atoms with Crippen molar-refractivity contribution in [3.63, 3.8) is 0 Å². The van der Waals surface area contributed by atoms with E-state index in [2.05, 4.69) is 46.7 Å². The summed E-state index contributed by atoms with van der Waals surface area (Å²) in [5.74, 6) is 1.22. The van der Waals surface area contributed by atoms with E-state index in [0.29, 0.717) is 5.95 Å². The molecule has 0 unspecified atom stereocenters. The lowest BCUT2D eigenvalue weighted by Crippen LogP contribution is -2.27. The van der Waals surface area contributed by atoms with Gasteiger partial charge in [-0.15, -0.1) is 0 Å². The molecular weight excluding hydrogens is 302 g/mol. The Hall–Kier alpha value is -2.63. The van der Waals surface area contributed by atoms with Crippen LogP contribution in [0.15, 0.2) is 24.4 Å². The zero-order chi connectivity index (χ0) is 17.9. The zero-order valence-electron chi connectivity index (χ0n) is 15.1. The summed E-state index contributed by atoms with van der Waals surface area (Å²) in [5, 5.41) is 9.44. The summed E-state index contributed by atoms with van der Waals surface area (Å²) >= 11 is 0. The number of aryl methyl sites for hydroxylation is 1. The fraction of sp³-hybridized carbons (Fsp3) is 0.389. The normalized spacial score (nSPS) is 11.1. The van der Waals surface area contributed by atoms with Crippen LogP contribution in [-0.2, 0) is 4.79 Å². The highest BCUT2D eigenvalue weighted by atomic mass is 16.1. The molecule has 1 heterocycles. The number of nitrogens with zero attached hydrogens (tertiary/aromatic N) is 2. The van der Waals surface area contributed by atoms with Crippen molar-refractivity contribution >= 4 is 29.0 Å². The van der Waals surface area contributed by atoms with Crippen LogP contribution in [0.3, 0.4) is 0 Å². The van der Waals surface area contributed by atoms with Gasteiger partial charge < -0.3 is 16.0 Å². The van der Waals surface area contributed by atoms with Gasteiger partial charge in [0, 0.05) is 35.6 Å². The van der Waals surface area contributed by atoms with Crippen molar-refractivity contribution in [3.05, 3.63) is 35.5 Å². The maximum atomic E-state index is 11.3. The van der Waals surface area contributed by atoms with E-state index in [1.807, 2.05) is 32.0 Å². The van der Waals surface area contributed by atoms with E-state index in [4.69, 9.17) is 0 Å². The van der Waals surface area contributed by atoms with Crippen molar-refractivity contribution in [2.75, 3.05) is 16.0 Å². The highest BCUT2D eigenvalue weighted by Gasteiger charge is 2.13. The van der Waals surface area contributed by atoms with Crippen LogP contribution in [0.4, 0.5) is 23.1 Å². The molecule has 2 rings (SSSR count). The van der Waals surface area contributed by atoms with Gasteiger partial charge in [-0.1, -0.05) is 6.07 Å². The van der Waals surface area contributed by atoms with Gasteiger partial charge in [0.05, 0.1) is 0 Å². The number of rotatable bonds is 4. The molecule has 0 aliphatic heterocycles. The Kier molecular flexibility index (Phi) is 5.07. The minimum Gasteiger partial charge on any atom is -0.350 e. The standard InChI is InChI=1S/C18H25N5O/c1-11-10-19-17(23-18(4,5)6)22-16(11)21-15-9-7-8-14(12(15)2)20-13(3)24/h7-10H,1-6H3,(H,20,24)(H2,19,21,22,23). The molecule has 0 radical (unpaired) electrons. The Balaban J connectivity index is 2.31. The number of anilines is 4. The minimum absolute atomic E-state index is 0.0925. The number of aromatic nitrogens is 2. The first-order chi connectivity index (χ1) is 11.2. The molecule has 128 valence electrons. The summed E-state index contributed by atoms with van der Waals surface area (Å²) in [6.45, 7) is 11.6. The maximum Gasteiger partial charge on any atom is 0.225 e. The number of hydrogen-bond acceptors (Lipinski definition) is 5. The molecule has 0 spiro atoms. The summed E-state index contributed by atoms with van der Waals surface area (Å²) in [6.07, 6.45) is 1.79. The SMILES string of the molecule is CC(=O)Nc1cccc(Nc2nc(NC(C)(C)C)ncc2C)c1C. The third kappa shape index (κ3) is 4.68. The van der Waals surface area contributed by atoms with Gasteiger partial charge in [0.1, 0.15) is 5.82 Å². The second kappa shape index (κ2) is 6.86. The van der Waals surface area contributed by atoms with Crippen molar-refractivity contribution in [2.45, 2.75) is 47.1 Å². The number of hydrogen-bond donors (Lipinski definition) is 3. The third-order valence-corrected chi connectivity index (χ3v) is 3.36. The van der Waals surface area contributed by atoms with E-state index in [0.717, 1.165) is 28.3 Å². The van der Waals surface area contributed by atoms with E-state index in [9.17, 15) is 4.79 Å². The molecule has 24 heavy (non-hydrogen) atoms. The lowest BCUT2D eigenvalue weighted by Gasteiger charge is -2.21. The van der Waals surface area contributed by atoms with Gasteiger partial charge in [-0.25, -0.2) is 4.98 Å². The predicted octanol–water partition coefficient (Wildman–Crippen LogP) is 4.01. The topological polar surface area (TPSA) is 78.9 Å². The molecule has 0 aliphatic rings. The van der Waals surface area contributed by atoms with E-state index < -0.39 is 0 Å². The molecule has 1 amide bonds. The van der Waals surface area contributed by atoms with Crippen molar-refractivity contribution < 1.29 is 4.79 Å². The van der Waals surface area contributed by atoms with Crippen LogP contribution < -0.4 is 16.0 Å². The van der Waals surface area contributed by atoms with Gasteiger partial charge in [0.15, 0.2) is 0 Å². The van der Waals surface area contributed by atoms with E-state index in [1.165, 1.54) is 6.92 Å². The molecule has 0 atom stereocenters. The van der Waals surface area contributed by atoms with Crippen molar-refractivity contribution in [3.8, 4) is 0 Å². The first kappa shape index (κ1) is 17.7. The van der Waals surface area contributed by atoms with Gasteiger partial charge >= 0.3 is 0 Å². The van der Waals surface area contributed by atoms with Crippen LogP contribution in [0.2, 0.25) is 0 Å². The van der Waals surface area contributed by atoms with Crippen LogP contribution in [0, 0.1) is 13.8 Å². The Morgan fingerprint density at radius 1 is 1.12 bits per heavy atom. The van der Waals surface area contributed by atoms with Gasteiger partial charge in [0.2, 0.25) is 11.9 Å². The van der Waals surface area contributed by atoms with Crippen LogP contribution in [0.1, 0.15) is 38.8 Å². The number of carbonyl (C=O) groups excluding carboxylic acids is 1. The molecule has 0 bridgehead atoms. The van der Waals surface area contributed by atoms with Gasteiger partial charge in [-0.05, 0) is 52.3 Å². The quantitative estimate of drug-likeness (QED) is 0.791. The number of benzene rings is 1. The van der Waals surface area contributed by atoms with Crippen molar-refractivity contribution in [1.29, 1.82) is 0 Å². The first-order valence-corrected chi connectivity index (χ1v) is 7.92. The number of amides is 1.